The standard InChI is InChI=1S/C51H59NO12/c1-55-49(54)43(52)42-46(60-31-38-24-14-6-15-25-38)45(59-30-37-22-12-5-13-23-37)41(34-58-29-36-20-10-4-11-21-36)63-50(42)64-47-44(53)40(33-57-28-35-18-8-3-9-19-35)62-51(56-2)48(47)61-32-39-26-16-7-17-27-39/h3-27,40-48,50-51,53H,28-34,52H2,1-2H3/t40-,41-,42-,43-,44+,45+,46-,47+,48-,50+,51-/m1/s1. The van der Waals surface area contributed by atoms with Crippen molar-refractivity contribution in [1.29, 1.82) is 0 Å². The molecule has 7 rings (SSSR count). The molecule has 0 aliphatic carbocycles. The molecule has 340 valence electrons. The Morgan fingerprint density at radius 2 is 0.922 bits per heavy atom. The smallest absolute Gasteiger partial charge is 0.323 e. The summed E-state index contributed by atoms with van der Waals surface area (Å²) in [5.41, 5.74) is 11.5. The van der Waals surface area contributed by atoms with Crippen LogP contribution in [0.4, 0.5) is 0 Å². The summed E-state index contributed by atoms with van der Waals surface area (Å²) in [7, 11) is 2.76. The average Bonchev–Trinajstić information content (AvgIpc) is 3.34. The Kier molecular flexibility index (Phi) is 18.0. The van der Waals surface area contributed by atoms with E-state index in [9.17, 15) is 9.90 Å². The van der Waals surface area contributed by atoms with Gasteiger partial charge in [-0.3, -0.25) is 4.79 Å². The minimum atomic E-state index is -1.34. The molecule has 0 amide bonds. The summed E-state index contributed by atoms with van der Waals surface area (Å²) < 4.78 is 64.0. The van der Waals surface area contributed by atoms with E-state index in [-0.39, 0.29) is 46.2 Å². The Morgan fingerprint density at radius 1 is 0.531 bits per heavy atom. The van der Waals surface area contributed by atoms with Gasteiger partial charge in [0, 0.05) is 7.11 Å². The molecule has 2 aliphatic rings. The van der Waals surface area contributed by atoms with Crippen molar-refractivity contribution in [1.82, 2.24) is 0 Å². The largest absolute Gasteiger partial charge is 0.468 e. The number of aliphatic hydroxyl groups excluding tert-OH is 1. The molecule has 0 saturated carbocycles. The number of benzene rings is 5. The number of ether oxygens (including phenoxy) is 10. The van der Waals surface area contributed by atoms with Gasteiger partial charge in [-0.15, -0.1) is 0 Å². The molecule has 3 N–H and O–H groups in total. The van der Waals surface area contributed by atoms with E-state index >= 15 is 0 Å². The number of aliphatic hydroxyl groups is 1. The van der Waals surface area contributed by atoms with E-state index < -0.39 is 73.2 Å². The van der Waals surface area contributed by atoms with Crippen LogP contribution in [0, 0.1) is 5.92 Å². The van der Waals surface area contributed by atoms with E-state index in [1.165, 1.54) is 14.2 Å². The molecule has 2 fully saturated rings. The van der Waals surface area contributed by atoms with Crippen molar-refractivity contribution in [2.24, 2.45) is 11.7 Å². The lowest BCUT2D eigenvalue weighted by molar-refractivity contribution is -0.364. The highest BCUT2D eigenvalue weighted by Gasteiger charge is 2.56. The van der Waals surface area contributed by atoms with E-state index in [0.717, 1.165) is 27.8 Å². The zero-order chi connectivity index (χ0) is 44.5. The van der Waals surface area contributed by atoms with E-state index in [1.807, 2.05) is 152 Å². The Labute approximate surface area is 375 Å². The van der Waals surface area contributed by atoms with Crippen LogP contribution < -0.4 is 5.73 Å². The Morgan fingerprint density at radius 3 is 1.36 bits per heavy atom. The summed E-state index contributed by atoms with van der Waals surface area (Å²) >= 11 is 0. The Hall–Kier alpha value is -4.87. The number of hydrogen-bond acceptors (Lipinski definition) is 13. The lowest BCUT2D eigenvalue weighted by Gasteiger charge is -2.50. The van der Waals surface area contributed by atoms with Crippen LogP contribution in [-0.2, 0) is 85.2 Å². The van der Waals surface area contributed by atoms with Crippen LogP contribution in [0.15, 0.2) is 152 Å². The molecule has 2 saturated heterocycles. The maximum atomic E-state index is 13.6. The van der Waals surface area contributed by atoms with Crippen molar-refractivity contribution in [3.8, 4) is 0 Å². The van der Waals surface area contributed by atoms with E-state index in [0.29, 0.717) is 0 Å². The Balaban J connectivity index is 1.24. The molecule has 2 aliphatic heterocycles. The van der Waals surface area contributed by atoms with Crippen LogP contribution in [-0.4, -0.2) is 99.9 Å². The van der Waals surface area contributed by atoms with Crippen LogP contribution in [0.2, 0.25) is 0 Å². The first kappa shape index (κ1) is 47.1. The molecule has 0 spiro atoms. The van der Waals surface area contributed by atoms with Gasteiger partial charge in [0.2, 0.25) is 0 Å². The predicted molar refractivity (Wildman–Crippen MR) is 236 cm³/mol. The first-order chi connectivity index (χ1) is 31.4. The van der Waals surface area contributed by atoms with Gasteiger partial charge in [0.25, 0.3) is 0 Å². The molecule has 5 aromatic carbocycles. The fourth-order valence-electron chi connectivity index (χ4n) is 8.00. The number of esters is 1. The van der Waals surface area contributed by atoms with Crippen LogP contribution >= 0.6 is 0 Å². The molecular weight excluding hydrogens is 819 g/mol. The van der Waals surface area contributed by atoms with Crippen molar-refractivity contribution >= 4 is 5.97 Å². The second-order valence-electron chi connectivity index (χ2n) is 15.8. The monoisotopic (exact) mass is 877 g/mol. The molecule has 2 heterocycles. The second-order valence-corrected chi connectivity index (χ2v) is 15.8. The third-order valence-electron chi connectivity index (χ3n) is 11.4. The quantitative estimate of drug-likeness (QED) is 0.0767. The zero-order valence-electron chi connectivity index (χ0n) is 36.2. The Bertz CT molecular complexity index is 2070. The molecule has 0 aromatic heterocycles. The van der Waals surface area contributed by atoms with Crippen molar-refractivity contribution in [3.05, 3.63) is 179 Å². The number of rotatable bonds is 22. The number of nitrogens with two attached hydrogens (primary N) is 1. The van der Waals surface area contributed by atoms with Crippen molar-refractivity contribution in [2.75, 3.05) is 27.4 Å². The van der Waals surface area contributed by atoms with Gasteiger partial charge < -0.3 is 58.2 Å². The van der Waals surface area contributed by atoms with Gasteiger partial charge in [0.05, 0.1) is 65.4 Å². The summed E-state index contributed by atoms with van der Waals surface area (Å²) in [6, 6.07) is 47.1. The summed E-state index contributed by atoms with van der Waals surface area (Å²) in [5.74, 6) is -1.77. The lowest BCUT2D eigenvalue weighted by atomic mass is 9.84. The highest BCUT2D eigenvalue weighted by molar-refractivity contribution is 5.76. The predicted octanol–water partition coefficient (Wildman–Crippen LogP) is 6.14. The van der Waals surface area contributed by atoms with Gasteiger partial charge in [-0.25, -0.2) is 0 Å². The SMILES string of the molecule is COC(=O)[C@H](N)[C@H]1[C@H](O[C@H]2[C@@H](O)[C@@H](COCc3ccccc3)O[C@@H](OC)[C@@H]2OCc2ccccc2)O[C@H](COCc2ccccc2)[C@H](OCc2ccccc2)[C@@H]1OCc1ccccc1. The maximum absolute atomic E-state index is 13.6. The number of carbonyl (C=O) groups is 1. The molecule has 64 heavy (non-hydrogen) atoms. The van der Waals surface area contributed by atoms with E-state index in [4.69, 9.17) is 53.1 Å². The summed E-state index contributed by atoms with van der Waals surface area (Å²) in [6.07, 6.45) is -9.39. The van der Waals surface area contributed by atoms with Crippen LogP contribution in [0.3, 0.4) is 0 Å². The molecule has 0 unspecified atom stereocenters. The summed E-state index contributed by atoms with van der Waals surface area (Å²) in [6.45, 7) is 1.07. The first-order valence-corrected chi connectivity index (χ1v) is 21.6. The van der Waals surface area contributed by atoms with Gasteiger partial charge in [0.1, 0.15) is 42.7 Å². The van der Waals surface area contributed by atoms with Crippen molar-refractivity contribution in [3.63, 3.8) is 0 Å². The molecule has 13 heteroatoms. The number of methoxy groups -OCH3 is 2. The van der Waals surface area contributed by atoms with E-state index in [2.05, 4.69) is 0 Å². The normalized spacial score (nSPS) is 26.2. The molecule has 11 atom stereocenters. The fourth-order valence-corrected chi connectivity index (χ4v) is 8.00. The first-order valence-electron chi connectivity index (χ1n) is 21.6. The van der Waals surface area contributed by atoms with Crippen LogP contribution in [0.1, 0.15) is 27.8 Å². The third-order valence-corrected chi connectivity index (χ3v) is 11.4. The zero-order valence-corrected chi connectivity index (χ0v) is 36.2. The lowest BCUT2D eigenvalue weighted by Crippen LogP contribution is -2.67. The third kappa shape index (κ3) is 12.9. The highest BCUT2D eigenvalue weighted by atomic mass is 16.7. The summed E-state index contributed by atoms with van der Waals surface area (Å²) in [4.78, 5) is 13.6. The molecular formula is C51H59NO12. The highest BCUT2D eigenvalue weighted by Crippen LogP contribution is 2.38. The number of hydrogen-bond donors (Lipinski definition) is 2. The molecule has 0 radical (unpaired) electrons. The van der Waals surface area contributed by atoms with Gasteiger partial charge in [0.15, 0.2) is 12.6 Å². The minimum absolute atomic E-state index is 0.00796. The fraction of sp³-hybridized carbons (Fsp3) is 0.392. The maximum Gasteiger partial charge on any atom is 0.323 e. The average molecular weight is 878 g/mol. The molecule has 5 aromatic rings. The van der Waals surface area contributed by atoms with Gasteiger partial charge in [-0.05, 0) is 27.8 Å². The summed E-state index contributed by atoms with van der Waals surface area (Å²) in [5, 5.41) is 12.3. The topological polar surface area (TPSA) is 156 Å². The van der Waals surface area contributed by atoms with Gasteiger partial charge in [-0.2, -0.15) is 0 Å². The molecule has 0 bridgehead atoms. The van der Waals surface area contributed by atoms with Crippen LogP contribution in [0.5, 0.6) is 0 Å². The minimum Gasteiger partial charge on any atom is -0.468 e. The molecule has 13 nitrogen and oxygen atoms in total. The van der Waals surface area contributed by atoms with E-state index in [1.54, 1.807) is 0 Å². The van der Waals surface area contributed by atoms with Gasteiger partial charge in [-0.1, -0.05) is 152 Å². The van der Waals surface area contributed by atoms with Gasteiger partial charge >= 0.3 is 5.97 Å². The number of carbonyl (C=O) groups excluding carboxylic acids is 1. The van der Waals surface area contributed by atoms with Crippen molar-refractivity contribution in [2.45, 2.75) is 94.4 Å². The van der Waals surface area contributed by atoms with Crippen LogP contribution in [0.25, 0.3) is 0 Å². The van der Waals surface area contributed by atoms with Crippen molar-refractivity contribution < 1.29 is 57.3 Å². The second kappa shape index (κ2) is 24.4.